The molecule has 4 aromatic rings. The molecule has 0 atom stereocenters. The molecule has 3 N–H and O–H groups in total. The molecule has 0 radical (unpaired) electrons. The van der Waals surface area contributed by atoms with Crippen molar-refractivity contribution >= 4 is 35.0 Å². The molecule has 0 aliphatic carbocycles. The van der Waals surface area contributed by atoms with Crippen LogP contribution < -0.4 is 15.4 Å². The minimum atomic E-state index is -0.243. The number of benzene rings is 3. The largest absolute Gasteiger partial charge is 0.497 e. The van der Waals surface area contributed by atoms with Gasteiger partial charge < -0.3 is 15.4 Å². The number of hydrogen-bond acceptors (Lipinski definition) is 6. The molecule has 0 bridgehead atoms. The van der Waals surface area contributed by atoms with Crippen molar-refractivity contribution in [1.29, 1.82) is 0 Å². The number of amides is 2. The van der Waals surface area contributed by atoms with E-state index in [0.29, 0.717) is 33.7 Å². The molecule has 8 nitrogen and oxygen atoms in total. The Morgan fingerprint density at radius 2 is 1.56 bits per heavy atom. The van der Waals surface area contributed by atoms with Crippen LogP contribution in [0.3, 0.4) is 0 Å². The second-order valence-corrected chi connectivity index (χ2v) is 8.37. The van der Waals surface area contributed by atoms with Crippen molar-refractivity contribution in [2.45, 2.75) is 12.1 Å². The van der Waals surface area contributed by atoms with Crippen molar-refractivity contribution in [2.75, 3.05) is 23.5 Å². The van der Waals surface area contributed by atoms with Gasteiger partial charge in [0.15, 0.2) is 5.82 Å². The van der Waals surface area contributed by atoms with Gasteiger partial charge in [0.05, 0.1) is 12.9 Å². The fourth-order valence-corrected chi connectivity index (χ4v) is 3.66. The number of aromatic nitrogens is 3. The fourth-order valence-electron chi connectivity index (χ4n) is 3.06. The highest BCUT2D eigenvalue weighted by atomic mass is 32.2. The maximum absolute atomic E-state index is 12.4. The number of methoxy groups -OCH3 is 1. The first-order valence-electron chi connectivity index (χ1n) is 10.5. The monoisotopic (exact) mass is 473 g/mol. The van der Waals surface area contributed by atoms with Gasteiger partial charge in [0.25, 0.3) is 5.91 Å². The molecule has 0 aliphatic rings. The third-order valence-corrected chi connectivity index (χ3v) is 5.75. The number of nitrogens with zero attached hydrogens (tertiary/aromatic N) is 2. The molecule has 2 amide bonds. The van der Waals surface area contributed by atoms with E-state index >= 15 is 0 Å². The van der Waals surface area contributed by atoms with Crippen LogP contribution in [0.2, 0.25) is 0 Å². The zero-order chi connectivity index (χ0) is 23.9. The lowest BCUT2D eigenvalue weighted by molar-refractivity contribution is -0.113. The van der Waals surface area contributed by atoms with E-state index in [9.17, 15) is 9.59 Å². The Morgan fingerprint density at radius 1 is 0.912 bits per heavy atom. The van der Waals surface area contributed by atoms with Crippen molar-refractivity contribution in [1.82, 2.24) is 15.2 Å². The summed E-state index contributed by atoms with van der Waals surface area (Å²) >= 11 is 1.24. The highest BCUT2D eigenvalue weighted by Crippen LogP contribution is 2.20. The molecule has 9 heteroatoms. The first-order chi connectivity index (χ1) is 16.5. The van der Waals surface area contributed by atoms with Crippen LogP contribution >= 0.6 is 11.8 Å². The standard InChI is InChI=1S/C25H23N5O3S/c1-16-3-5-17(6-4-16)23-28-25(30-29-23)34-15-22(31)26-19-9-7-18(8-10-19)24(32)27-20-11-13-21(33-2)14-12-20/h3-14H,15H2,1-2H3,(H,26,31)(H,27,32)(H,28,29,30). The van der Waals surface area contributed by atoms with E-state index in [-0.39, 0.29) is 17.6 Å². The summed E-state index contributed by atoms with van der Waals surface area (Å²) in [7, 11) is 1.59. The Balaban J connectivity index is 1.27. The lowest BCUT2D eigenvalue weighted by Gasteiger charge is -2.08. The Morgan fingerprint density at radius 3 is 2.24 bits per heavy atom. The predicted octanol–water partition coefficient (Wildman–Crippen LogP) is 4.77. The molecule has 0 fully saturated rings. The first-order valence-corrected chi connectivity index (χ1v) is 11.5. The molecule has 0 aliphatic heterocycles. The van der Waals surface area contributed by atoms with Gasteiger partial charge in [0.1, 0.15) is 5.75 Å². The molecule has 0 unspecified atom stereocenters. The number of aryl methyl sites for hydroxylation is 1. The minimum absolute atomic E-state index is 0.158. The van der Waals surface area contributed by atoms with Crippen LogP contribution in [0.1, 0.15) is 15.9 Å². The summed E-state index contributed by atoms with van der Waals surface area (Å²) < 4.78 is 5.11. The molecule has 0 saturated carbocycles. The molecule has 34 heavy (non-hydrogen) atoms. The lowest BCUT2D eigenvalue weighted by Crippen LogP contribution is -2.15. The van der Waals surface area contributed by atoms with Gasteiger partial charge in [-0.15, -0.1) is 5.10 Å². The average Bonchev–Trinajstić information content (AvgIpc) is 3.33. The molecule has 1 heterocycles. The number of H-pyrrole nitrogens is 1. The highest BCUT2D eigenvalue weighted by molar-refractivity contribution is 7.99. The first kappa shape index (κ1) is 23.1. The van der Waals surface area contributed by atoms with Gasteiger partial charge >= 0.3 is 0 Å². The summed E-state index contributed by atoms with van der Waals surface area (Å²) in [5, 5.41) is 13.2. The van der Waals surface area contributed by atoms with Gasteiger partial charge in [-0.2, -0.15) is 0 Å². The van der Waals surface area contributed by atoms with Crippen molar-refractivity contribution in [3.8, 4) is 17.1 Å². The zero-order valence-corrected chi connectivity index (χ0v) is 19.5. The molecule has 0 saturated heterocycles. The van der Waals surface area contributed by atoms with Crippen LogP contribution in [0.25, 0.3) is 11.4 Å². The lowest BCUT2D eigenvalue weighted by atomic mass is 10.1. The molecular weight excluding hydrogens is 450 g/mol. The van der Waals surface area contributed by atoms with E-state index in [1.165, 1.54) is 17.3 Å². The van der Waals surface area contributed by atoms with Crippen molar-refractivity contribution in [3.63, 3.8) is 0 Å². The van der Waals surface area contributed by atoms with Gasteiger partial charge in [0.2, 0.25) is 11.1 Å². The van der Waals surface area contributed by atoms with Gasteiger partial charge in [-0.1, -0.05) is 41.6 Å². The SMILES string of the molecule is COc1ccc(NC(=O)c2ccc(NC(=O)CSc3n[nH]c(-c4ccc(C)cc4)n3)cc2)cc1. The second kappa shape index (κ2) is 10.7. The summed E-state index contributed by atoms with van der Waals surface area (Å²) in [6, 6.07) is 21.7. The van der Waals surface area contributed by atoms with Crippen LogP contribution in [0.15, 0.2) is 78.0 Å². The number of hydrogen-bond donors (Lipinski definition) is 3. The number of ether oxygens (including phenoxy) is 1. The van der Waals surface area contributed by atoms with E-state index in [0.717, 1.165) is 5.56 Å². The minimum Gasteiger partial charge on any atom is -0.497 e. The fraction of sp³-hybridized carbons (Fsp3) is 0.120. The normalized spacial score (nSPS) is 10.5. The van der Waals surface area contributed by atoms with E-state index < -0.39 is 0 Å². The number of rotatable bonds is 8. The molecule has 4 rings (SSSR count). The van der Waals surface area contributed by atoms with Gasteiger partial charge in [0, 0.05) is 22.5 Å². The van der Waals surface area contributed by atoms with Crippen molar-refractivity contribution < 1.29 is 14.3 Å². The van der Waals surface area contributed by atoms with Crippen molar-refractivity contribution in [2.24, 2.45) is 0 Å². The number of thioether (sulfide) groups is 1. The van der Waals surface area contributed by atoms with Crippen LogP contribution in [0.4, 0.5) is 11.4 Å². The highest BCUT2D eigenvalue weighted by Gasteiger charge is 2.11. The molecule has 3 aromatic carbocycles. The number of nitrogens with one attached hydrogen (secondary N) is 3. The van der Waals surface area contributed by atoms with Gasteiger partial charge in [-0.05, 0) is 55.5 Å². The predicted molar refractivity (Wildman–Crippen MR) is 133 cm³/mol. The number of anilines is 2. The summed E-state index contributed by atoms with van der Waals surface area (Å²) in [6.07, 6.45) is 0. The third-order valence-electron chi connectivity index (χ3n) is 4.90. The van der Waals surface area contributed by atoms with Crippen LogP contribution in [0, 0.1) is 6.92 Å². The Kier molecular flexibility index (Phi) is 7.24. The molecule has 1 aromatic heterocycles. The smallest absolute Gasteiger partial charge is 0.255 e. The third kappa shape index (κ3) is 6.02. The maximum Gasteiger partial charge on any atom is 0.255 e. The van der Waals surface area contributed by atoms with Gasteiger partial charge in [-0.3, -0.25) is 14.7 Å². The quantitative estimate of drug-likeness (QED) is 0.318. The topological polar surface area (TPSA) is 109 Å². The number of carbonyl (C=O) groups is 2. The summed E-state index contributed by atoms with van der Waals surface area (Å²) in [5.74, 6) is 1.09. The Hall–Kier alpha value is -4.11. The van der Waals surface area contributed by atoms with E-state index in [4.69, 9.17) is 4.74 Å². The number of carbonyl (C=O) groups excluding carboxylic acids is 2. The van der Waals surface area contributed by atoms with Crippen LogP contribution in [0.5, 0.6) is 5.75 Å². The second-order valence-electron chi connectivity index (χ2n) is 7.43. The Bertz CT molecular complexity index is 1270. The Labute approximate surface area is 201 Å². The van der Waals surface area contributed by atoms with Gasteiger partial charge in [-0.25, -0.2) is 4.98 Å². The van der Waals surface area contributed by atoms with E-state index in [1.807, 2.05) is 31.2 Å². The van der Waals surface area contributed by atoms with Crippen molar-refractivity contribution in [3.05, 3.63) is 83.9 Å². The summed E-state index contributed by atoms with van der Waals surface area (Å²) in [6.45, 7) is 2.02. The van der Waals surface area contributed by atoms with Crippen LogP contribution in [-0.4, -0.2) is 39.9 Å². The average molecular weight is 474 g/mol. The maximum atomic E-state index is 12.4. The van der Waals surface area contributed by atoms with E-state index in [1.54, 1.807) is 55.6 Å². The summed E-state index contributed by atoms with van der Waals surface area (Å²) in [5.41, 5.74) is 3.85. The summed E-state index contributed by atoms with van der Waals surface area (Å²) in [4.78, 5) is 29.2. The molecular formula is C25H23N5O3S. The van der Waals surface area contributed by atoms with E-state index in [2.05, 4.69) is 25.8 Å². The zero-order valence-electron chi connectivity index (χ0n) is 18.7. The molecule has 0 spiro atoms. The van der Waals surface area contributed by atoms with Crippen LogP contribution in [-0.2, 0) is 4.79 Å². The molecule has 172 valence electrons. The number of aromatic amines is 1.